The van der Waals surface area contributed by atoms with Gasteiger partial charge in [-0.3, -0.25) is 0 Å². The van der Waals surface area contributed by atoms with Gasteiger partial charge in [-0.05, 0) is 18.8 Å². The van der Waals surface area contributed by atoms with E-state index in [4.69, 9.17) is 4.98 Å². The van der Waals surface area contributed by atoms with Crippen molar-refractivity contribution in [3.8, 4) is 0 Å². The molecule has 0 aliphatic heterocycles. The summed E-state index contributed by atoms with van der Waals surface area (Å²) in [5, 5.41) is 3.15. The zero-order chi connectivity index (χ0) is 15.4. The molecule has 5 nitrogen and oxygen atoms in total. The summed E-state index contributed by atoms with van der Waals surface area (Å²) in [4.78, 5) is 11.7. The molecule has 5 heteroatoms. The van der Waals surface area contributed by atoms with E-state index in [1.54, 1.807) is 0 Å². The average molecular weight is 289 g/mol. The molecule has 0 aliphatic carbocycles. The van der Waals surface area contributed by atoms with Gasteiger partial charge in [0.05, 0.1) is 6.20 Å². The van der Waals surface area contributed by atoms with E-state index < -0.39 is 0 Å². The topological polar surface area (TPSA) is 45.5 Å². The fourth-order valence-electron chi connectivity index (χ4n) is 2.76. The fraction of sp³-hybridized carbons (Fsp3) is 0.625. The molecule has 0 radical (unpaired) electrons. The molecule has 0 amide bonds. The van der Waals surface area contributed by atoms with Crippen LogP contribution in [0.15, 0.2) is 18.6 Å². The Morgan fingerprint density at radius 2 is 2.00 bits per heavy atom. The third kappa shape index (κ3) is 3.28. The molecule has 1 N–H and O–H groups in total. The molecule has 2 heterocycles. The van der Waals surface area contributed by atoms with Crippen molar-refractivity contribution < 1.29 is 0 Å². The van der Waals surface area contributed by atoms with E-state index in [0.717, 1.165) is 36.7 Å². The van der Waals surface area contributed by atoms with Gasteiger partial charge in [0.15, 0.2) is 11.5 Å². The van der Waals surface area contributed by atoms with Crippen molar-refractivity contribution >= 4 is 17.3 Å². The van der Waals surface area contributed by atoms with Crippen molar-refractivity contribution in [1.29, 1.82) is 0 Å². The Bertz CT molecular complexity index is 571. The largest absolute Gasteiger partial charge is 0.372 e. The number of hydrogen-bond acceptors (Lipinski definition) is 4. The zero-order valence-corrected chi connectivity index (χ0v) is 13.8. The van der Waals surface area contributed by atoms with Gasteiger partial charge in [-0.2, -0.15) is 0 Å². The SMILES string of the molecule is CCC(CC)N(CC(C)C)c1nc(NC)cn2ccnc12. The number of imidazole rings is 1. The van der Waals surface area contributed by atoms with E-state index in [2.05, 4.69) is 42.9 Å². The Morgan fingerprint density at radius 1 is 1.29 bits per heavy atom. The van der Waals surface area contributed by atoms with Crippen LogP contribution in [0.2, 0.25) is 0 Å². The maximum atomic E-state index is 4.79. The van der Waals surface area contributed by atoms with Gasteiger partial charge < -0.3 is 14.6 Å². The summed E-state index contributed by atoms with van der Waals surface area (Å²) >= 11 is 0. The molecule has 21 heavy (non-hydrogen) atoms. The van der Waals surface area contributed by atoms with Gasteiger partial charge in [-0.25, -0.2) is 9.97 Å². The molecule has 0 unspecified atom stereocenters. The van der Waals surface area contributed by atoms with E-state index in [1.807, 2.05) is 30.0 Å². The maximum absolute atomic E-state index is 4.79. The molecule has 2 aromatic heterocycles. The smallest absolute Gasteiger partial charge is 0.180 e. The van der Waals surface area contributed by atoms with Gasteiger partial charge in [0.25, 0.3) is 0 Å². The van der Waals surface area contributed by atoms with Crippen LogP contribution in [0.1, 0.15) is 40.5 Å². The van der Waals surface area contributed by atoms with Gasteiger partial charge in [0.1, 0.15) is 5.82 Å². The van der Waals surface area contributed by atoms with Crippen molar-refractivity contribution in [1.82, 2.24) is 14.4 Å². The Balaban J connectivity index is 2.54. The van der Waals surface area contributed by atoms with E-state index in [1.165, 1.54) is 0 Å². The van der Waals surface area contributed by atoms with E-state index >= 15 is 0 Å². The third-order valence-electron chi connectivity index (χ3n) is 3.83. The summed E-state index contributed by atoms with van der Waals surface area (Å²) in [6, 6.07) is 0.493. The molecule has 0 bridgehead atoms. The first-order valence-corrected chi connectivity index (χ1v) is 7.88. The van der Waals surface area contributed by atoms with Gasteiger partial charge in [0, 0.05) is 32.0 Å². The van der Waals surface area contributed by atoms with Crippen molar-refractivity contribution in [2.24, 2.45) is 5.92 Å². The van der Waals surface area contributed by atoms with Gasteiger partial charge in [-0.1, -0.05) is 27.7 Å². The number of hydrogen-bond donors (Lipinski definition) is 1. The molecule has 0 aliphatic rings. The minimum absolute atomic E-state index is 0.493. The first-order valence-electron chi connectivity index (χ1n) is 7.88. The van der Waals surface area contributed by atoms with Gasteiger partial charge in [-0.15, -0.1) is 0 Å². The van der Waals surface area contributed by atoms with Crippen LogP contribution in [0, 0.1) is 5.92 Å². The molecule has 2 rings (SSSR count). The van der Waals surface area contributed by atoms with Crippen LogP contribution in [0.4, 0.5) is 11.6 Å². The minimum Gasteiger partial charge on any atom is -0.372 e. The maximum Gasteiger partial charge on any atom is 0.180 e. The second-order valence-corrected chi connectivity index (χ2v) is 5.87. The minimum atomic E-state index is 0.493. The lowest BCUT2D eigenvalue weighted by molar-refractivity contribution is 0.504. The van der Waals surface area contributed by atoms with Crippen molar-refractivity contribution in [3.63, 3.8) is 0 Å². The number of rotatable bonds is 7. The summed E-state index contributed by atoms with van der Waals surface area (Å²) in [5.41, 5.74) is 0.932. The predicted molar refractivity (Wildman–Crippen MR) is 89.1 cm³/mol. The van der Waals surface area contributed by atoms with Crippen LogP contribution in [0.25, 0.3) is 5.65 Å². The Hall–Kier alpha value is -1.78. The second-order valence-electron chi connectivity index (χ2n) is 5.87. The monoisotopic (exact) mass is 289 g/mol. The second kappa shape index (κ2) is 6.78. The van der Waals surface area contributed by atoms with E-state index in [-0.39, 0.29) is 0 Å². The molecule has 116 valence electrons. The lowest BCUT2D eigenvalue weighted by Crippen LogP contribution is -2.38. The van der Waals surface area contributed by atoms with Crippen LogP contribution in [-0.2, 0) is 0 Å². The average Bonchev–Trinajstić information content (AvgIpc) is 2.94. The highest BCUT2D eigenvalue weighted by Crippen LogP contribution is 2.25. The summed E-state index contributed by atoms with van der Waals surface area (Å²) in [7, 11) is 1.90. The lowest BCUT2D eigenvalue weighted by Gasteiger charge is -2.33. The Kier molecular flexibility index (Phi) is 5.04. The van der Waals surface area contributed by atoms with Crippen LogP contribution < -0.4 is 10.2 Å². The zero-order valence-electron chi connectivity index (χ0n) is 13.8. The quantitative estimate of drug-likeness (QED) is 0.848. The van der Waals surface area contributed by atoms with Crippen LogP contribution in [-0.4, -0.2) is 34.0 Å². The number of anilines is 2. The molecule has 0 saturated carbocycles. The van der Waals surface area contributed by atoms with Gasteiger partial charge in [0.2, 0.25) is 0 Å². The molecule has 0 fully saturated rings. The van der Waals surface area contributed by atoms with E-state index in [9.17, 15) is 0 Å². The molecular formula is C16H27N5. The first-order chi connectivity index (χ1) is 10.1. The molecule has 0 saturated heterocycles. The number of aromatic nitrogens is 3. The summed E-state index contributed by atoms with van der Waals surface area (Å²) in [5.74, 6) is 2.44. The standard InChI is InChI=1S/C16H27N5/c1-6-13(7-2)21(10-12(3)4)16-15-18-8-9-20(15)11-14(17-5)19-16/h8-9,11-13,17H,6-7,10H2,1-5H3. The lowest BCUT2D eigenvalue weighted by atomic mass is 10.1. The predicted octanol–water partition coefficient (Wildman–Crippen LogP) is 3.42. The number of nitrogens with one attached hydrogen (secondary N) is 1. The van der Waals surface area contributed by atoms with Crippen molar-refractivity contribution in [2.45, 2.75) is 46.6 Å². The Labute approximate surface area is 127 Å². The highest BCUT2D eigenvalue weighted by molar-refractivity contribution is 5.67. The van der Waals surface area contributed by atoms with Crippen molar-refractivity contribution in [2.75, 3.05) is 23.8 Å². The van der Waals surface area contributed by atoms with Crippen LogP contribution in [0.3, 0.4) is 0 Å². The summed E-state index contributed by atoms with van der Waals surface area (Å²) < 4.78 is 2.05. The van der Waals surface area contributed by atoms with Crippen molar-refractivity contribution in [3.05, 3.63) is 18.6 Å². The highest BCUT2D eigenvalue weighted by atomic mass is 15.3. The number of fused-ring (bicyclic) bond motifs is 1. The van der Waals surface area contributed by atoms with Gasteiger partial charge >= 0.3 is 0 Å². The molecule has 2 aromatic rings. The third-order valence-corrected chi connectivity index (χ3v) is 3.83. The van der Waals surface area contributed by atoms with E-state index in [0.29, 0.717) is 12.0 Å². The summed E-state index contributed by atoms with van der Waals surface area (Å²) in [6.07, 6.45) is 8.01. The Morgan fingerprint density at radius 3 is 2.57 bits per heavy atom. The fourth-order valence-corrected chi connectivity index (χ4v) is 2.76. The summed E-state index contributed by atoms with van der Waals surface area (Å²) in [6.45, 7) is 9.98. The molecule has 0 spiro atoms. The highest BCUT2D eigenvalue weighted by Gasteiger charge is 2.22. The van der Waals surface area contributed by atoms with Crippen LogP contribution >= 0.6 is 0 Å². The normalized spacial score (nSPS) is 11.6. The molecular weight excluding hydrogens is 262 g/mol. The molecule has 0 atom stereocenters. The first kappa shape index (κ1) is 15.6. The van der Waals surface area contributed by atoms with Crippen LogP contribution in [0.5, 0.6) is 0 Å². The number of nitrogens with zero attached hydrogens (tertiary/aromatic N) is 4. The molecule has 0 aromatic carbocycles.